The molecule has 0 saturated carbocycles. The number of amides is 4. The smallest absolute Gasteiger partial charge is 0.245 e. The van der Waals surface area contributed by atoms with Gasteiger partial charge in [0.15, 0.2) is 0 Å². The predicted molar refractivity (Wildman–Crippen MR) is 169 cm³/mol. The highest BCUT2D eigenvalue weighted by Crippen LogP contribution is 2.32. The van der Waals surface area contributed by atoms with Crippen LogP contribution in [-0.2, 0) is 38.6 Å². The fourth-order valence-electron chi connectivity index (χ4n) is 6.26. The Hall–Kier alpha value is -5.08. The van der Waals surface area contributed by atoms with Crippen molar-refractivity contribution in [2.75, 3.05) is 13.2 Å². The van der Waals surface area contributed by atoms with Crippen molar-refractivity contribution in [2.45, 2.75) is 69.4 Å². The van der Waals surface area contributed by atoms with Crippen LogP contribution in [0.2, 0.25) is 0 Å². The molecule has 5 atom stereocenters. The van der Waals surface area contributed by atoms with Crippen LogP contribution in [0.4, 0.5) is 0 Å². The monoisotopic (exact) mass is 642 g/mol. The number of aromatic amines is 1. The van der Waals surface area contributed by atoms with Gasteiger partial charge < -0.3 is 35.8 Å². The molecule has 6 N–H and O–H groups in total. The molecule has 0 spiro atoms. The highest BCUT2D eigenvalue weighted by molar-refractivity contribution is 5.95. The summed E-state index contributed by atoms with van der Waals surface area (Å²) in [5, 5.41) is 30.4. The Bertz CT molecular complexity index is 1740. The minimum atomic E-state index is -1.33. The van der Waals surface area contributed by atoms with Gasteiger partial charge >= 0.3 is 0 Å². The zero-order valence-electron chi connectivity index (χ0n) is 25.9. The van der Waals surface area contributed by atoms with Crippen molar-refractivity contribution in [3.8, 4) is 0 Å². The van der Waals surface area contributed by atoms with Gasteiger partial charge in [-0.15, -0.1) is 10.2 Å². The number of aliphatic hydroxyl groups excluding tert-OH is 1. The number of hydrogen-bond acceptors (Lipinski definition) is 9. The second kappa shape index (κ2) is 14.1. The van der Waals surface area contributed by atoms with E-state index in [4.69, 9.17) is 4.42 Å². The van der Waals surface area contributed by atoms with E-state index < -0.39 is 60.4 Å². The molecule has 0 aliphatic carbocycles. The molecule has 2 bridgehead atoms. The number of fused-ring (bicyclic) bond motifs is 4. The van der Waals surface area contributed by atoms with Crippen molar-refractivity contribution in [3.63, 3.8) is 0 Å². The molecule has 2 unspecified atom stereocenters. The summed E-state index contributed by atoms with van der Waals surface area (Å²) in [5.41, 5.74) is 2.62. The Labute approximate surface area is 270 Å². The number of aromatic nitrogens is 3. The standard InChI is InChI=1S/C33H38N8O6/c1-19-29(43)35-17-28-39-40-33(47-28)27(14-20-8-3-2-4-9-20)41-13-7-12-26(41)32(46)38-25(18-42)31(45)37-24(30(44)36-19)15-21-16-34-23-11-6-5-10-22(21)23/h2-6,8-11,16,19,24-27,34,42H,7,12-15,17-18H2,1H3,(H,35,43)(H,36,44)(H,37,45)(H,38,46)/t19-,24?,25-,26-,27?/m0/s1. The van der Waals surface area contributed by atoms with Gasteiger partial charge in [0.05, 0.1) is 25.2 Å². The molecule has 4 heterocycles. The molecule has 6 rings (SSSR count). The number of nitrogens with zero attached hydrogens (tertiary/aromatic N) is 3. The number of hydrogen-bond donors (Lipinski definition) is 6. The highest BCUT2D eigenvalue weighted by Gasteiger charge is 2.40. The SMILES string of the molecule is C[C@@H]1NC(=O)C(Cc2c[nH]c3ccccc23)NC(=O)[C@H](CO)NC(=O)[C@@H]2CCCN2C(Cc2ccccc2)c2nnc(o2)CNC1=O. The first-order valence-corrected chi connectivity index (χ1v) is 15.8. The number of carbonyl (C=O) groups excluding carboxylic acids is 4. The van der Waals surface area contributed by atoms with Crippen LogP contribution in [0.1, 0.15) is 48.7 Å². The van der Waals surface area contributed by atoms with Crippen LogP contribution in [0, 0.1) is 0 Å². The molecular weight excluding hydrogens is 604 g/mol. The van der Waals surface area contributed by atoms with Crippen LogP contribution in [0.15, 0.2) is 65.2 Å². The number of benzene rings is 2. The van der Waals surface area contributed by atoms with Crippen molar-refractivity contribution in [1.82, 2.24) is 41.3 Å². The van der Waals surface area contributed by atoms with Crippen LogP contribution in [-0.4, -0.2) is 86.1 Å². The van der Waals surface area contributed by atoms with Crippen LogP contribution in [0.25, 0.3) is 10.9 Å². The Morgan fingerprint density at radius 3 is 2.43 bits per heavy atom. The van der Waals surface area contributed by atoms with E-state index in [0.717, 1.165) is 22.0 Å². The maximum Gasteiger partial charge on any atom is 0.245 e. The second-order valence-electron chi connectivity index (χ2n) is 12.0. The minimum Gasteiger partial charge on any atom is -0.422 e. The van der Waals surface area contributed by atoms with E-state index in [1.54, 1.807) is 6.20 Å². The summed E-state index contributed by atoms with van der Waals surface area (Å²) in [6.07, 6.45) is 3.54. The van der Waals surface area contributed by atoms with Gasteiger partial charge in [-0.05, 0) is 49.9 Å². The van der Waals surface area contributed by atoms with E-state index in [9.17, 15) is 24.3 Å². The zero-order chi connectivity index (χ0) is 32.9. The molecule has 0 radical (unpaired) electrons. The Morgan fingerprint density at radius 1 is 0.872 bits per heavy atom. The van der Waals surface area contributed by atoms with E-state index in [0.29, 0.717) is 25.8 Å². The van der Waals surface area contributed by atoms with Gasteiger partial charge in [0.2, 0.25) is 35.4 Å². The zero-order valence-corrected chi connectivity index (χ0v) is 25.9. The summed E-state index contributed by atoms with van der Waals surface area (Å²) in [7, 11) is 0. The Morgan fingerprint density at radius 2 is 1.62 bits per heavy atom. The number of rotatable bonds is 5. The van der Waals surface area contributed by atoms with Gasteiger partial charge in [-0.3, -0.25) is 24.1 Å². The molecular formula is C33H38N8O6. The van der Waals surface area contributed by atoms with Gasteiger partial charge in [0.25, 0.3) is 0 Å². The van der Waals surface area contributed by atoms with Crippen molar-refractivity contribution in [1.29, 1.82) is 0 Å². The summed E-state index contributed by atoms with van der Waals surface area (Å²) in [5.74, 6) is -1.80. The van der Waals surface area contributed by atoms with Gasteiger partial charge in [-0.1, -0.05) is 48.5 Å². The number of carbonyl (C=O) groups is 4. The molecule has 47 heavy (non-hydrogen) atoms. The quantitative estimate of drug-likeness (QED) is 0.181. The molecule has 2 aromatic heterocycles. The molecule has 1 saturated heterocycles. The number of H-pyrrole nitrogens is 1. The van der Waals surface area contributed by atoms with E-state index >= 15 is 0 Å². The van der Waals surface area contributed by atoms with Crippen molar-refractivity contribution in [2.24, 2.45) is 0 Å². The largest absolute Gasteiger partial charge is 0.422 e. The van der Waals surface area contributed by atoms with Crippen molar-refractivity contribution < 1.29 is 28.7 Å². The lowest BCUT2D eigenvalue weighted by Gasteiger charge is -2.31. The highest BCUT2D eigenvalue weighted by atomic mass is 16.4. The van der Waals surface area contributed by atoms with Crippen molar-refractivity contribution >= 4 is 34.5 Å². The van der Waals surface area contributed by atoms with Gasteiger partial charge in [-0.2, -0.15) is 0 Å². The predicted octanol–water partition coefficient (Wildman–Crippen LogP) is 0.638. The third-order valence-corrected chi connectivity index (χ3v) is 8.75. The minimum absolute atomic E-state index is 0.0678. The number of para-hydroxylation sites is 1. The van der Waals surface area contributed by atoms with Crippen molar-refractivity contribution in [3.05, 3.63) is 83.7 Å². The van der Waals surface area contributed by atoms with Crippen LogP contribution < -0.4 is 21.3 Å². The van der Waals surface area contributed by atoms with Gasteiger partial charge in [-0.25, -0.2) is 0 Å². The van der Waals surface area contributed by atoms with E-state index in [1.165, 1.54) is 6.92 Å². The summed E-state index contributed by atoms with van der Waals surface area (Å²) in [4.78, 5) is 59.0. The first kappa shape index (κ1) is 31.9. The summed E-state index contributed by atoms with van der Waals surface area (Å²) >= 11 is 0. The third kappa shape index (κ3) is 7.18. The molecule has 246 valence electrons. The van der Waals surface area contributed by atoms with Crippen LogP contribution in [0.3, 0.4) is 0 Å². The Kier molecular flexibility index (Phi) is 9.59. The average Bonchev–Trinajstić information content (AvgIpc) is 3.85. The molecule has 2 aliphatic heterocycles. The van der Waals surface area contributed by atoms with E-state index in [1.807, 2.05) is 59.5 Å². The number of aliphatic hydroxyl groups is 1. The van der Waals surface area contributed by atoms with Crippen LogP contribution >= 0.6 is 0 Å². The molecule has 14 heteroatoms. The fourth-order valence-corrected chi connectivity index (χ4v) is 6.26. The molecule has 1 fully saturated rings. The normalized spacial score (nSPS) is 24.9. The number of nitrogens with one attached hydrogen (secondary N) is 5. The summed E-state index contributed by atoms with van der Waals surface area (Å²) in [6.45, 7) is 1.33. The van der Waals surface area contributed by atoms with Crippen LogP contribution in [0.5, 0.6) is 0 Å². The lowest BCUT2D eigenvalue weighted by Crippen LogP contribution is -2.59. The maximum atomic E-state index is 13.8. The molecule has 14 nitrogen and oxygen atoms in total. The van der Waals surface area contributed by atoms with E-state index in [-0.39, 0.29) is 24.7 Å². The first-order valence-electron chi connectivity index (χ1n) is 15.8. The summed E-state index contributed by atoms with van der Waals surface area (Å²) in [6, 6.07) is 12.7. The lowest BCUT2D eigenvalue weighted by atomic mass is 10.0. The van der Waals surface area contributed by atoms with E-state index in [2.05, 4.69) is 36.4 Å². The first-order chi connectivity index (χ1) is 22.8. The second-order valence-corrected chi connectivity index (χ2v) is 12.0. The Balaban J connectivity index is 1.31. The fraction of sp³-hybridized carbons (Fsp3) is 0.394. The molecule has 4 amide bonds. The van der Waals surface area contributed by atoms with Gasteiger partial charge in [0, 0.05) is 23.5 Å². The third-order valence-electron chi connectivity index (χ3n) is 8.75. The molecule has 2 aromatic carbocycles. The molecule has 2 aliphatic rings. The maximum absolute atomic E-state index is 13.8. The summed E-state index contributed by atoms with van der Waals surface area (Å²) < 4.78 is 6.03. The van der Waals surface area contributed by atoms with Gasteiger partial charge in [0.1, 0.15) is 18.1 Å². The molecule has 4 aromatic rings. The lowest BCUT2D eigenvalue weighted by molar-refractivity contribution is -0.135. The average molecular weight is 643 g/mol. The topological polar surface area (TPSA) is 195 Å².